The molecule has 3 heteroatoms. The maximum absolute atomic E-state index is 9.79. The molecule has 0 unspecified atom stereocenters. The molecule has 0 bridgehead atoms. The van der Waals surface area contributed by atoms with Crippen molar-refractivity contribution in [2.75, 3.05) is 6.61 Å². The van der Waals surface area contributed by atoms with Crippen LogP contribution in [-0.4, -0.2) is 29.0 Å². The molecule has 4 N–H and O–H groups in total. The van der Waals surface area contributed by atoms with Gasteiger partial charge in [-0.3, -0.25) is 0 Å². The number of rotatable bonds is 8. The predicted octanol–water partition coefficient (Wildman–Crippen LogP) is 2.50. The second-order valence-corrected chi connectivity index (χ2v) is 5.34. The zero-order valence-electron chi connectivity index (χ0n) is 12.5. The molecule has 20 heavy (non-hydrogen) atoms. The van der Waals surface area contributed by atoms with Gasteiger partial charge >= 0.3 is 0 Å². The van der Waals surface area contributed by atoms with Gasteiger partial charge in [0.2, 0.25) is 0 Å². The highest BCUT2D eigenvalue weighted by Crippen LogP contribution is 2.17. The molecule has 3 nitrogen and oxygen atoms in total. The number of aliphatic hydroxyl groups is 2. The first-order valence-electron chi connectivity index (χ1n) is 7.40. The monoisotopic (exact) mass is 277 g/mol. The highest BCUT2D eigenvalue weighted by atomic mass is 16.3. The minimum absolute atomic E-state index is 0.221. The molecule has 0 aromatic heterocycles. The fraction of sp³-hybridized carbons (Fsp3) is 0.529. The van der Waals surface area contributed by atoms with Gasteiger partial charge in [0.05, 0.1) is 18.8 Å². The maximum atomic E-state index is 9.79. The number of aryl methyl sites for hydroxylation is 1. The highest BCUT2D eigenvalue weighted by molar-refractivity contribution is 5.64. The third-order valence-electron chi connectivity index (χ3n) is 3.55. The number of aliphatic hydroxyl groups excluding tert-OH is 2. The molecule has 0 aliphatic heterocycles. The SMILES string of the molecule is CCCCCc1ccc(/C(C)=C/[C@H](O)[C@H](N)CO)cc1. The quantitative estimate of drug-likeness (QED) is 0.640. The van der Waals surface area contributed by atoms with Crippen molar-refractivity contribution in [2.45, 2.75) is 51.7 Å². The summed E-state index contributed by atoms with van der Waals surface area (Å²) in [5.74, 6) is 0. The first kappa shape index (κ1) is 16.9. The van der Waals surface area contributed by atoms with E-state index in [1.807, 2.05) is 6.92 Å². The first-order valence-corrected chi connectivity index (χ1v) is 7.40. The van der Waals surface area contributed by atoms with Crippen LogP contribution in [0.4, 0.5) is 0 Å². The van der Waals surface area contributed by atoms with E-state index < -0.39 is 12.1 Å². The Bertz CT molecular complexity index is 412. The number of nitrogens with two attached hydrogens (primary N) is 1. The Kier molecular flexibility index (Phi) is 7.52. The highest BCUT2D eigenvalue weighted by Gasteiger charge is 2.11. The number of hydrogen-bond donors (Lipinski definition) is 3. The van der Waals surface area contributed by atoms with Crippen LogP contribution in [0.15, 0.2) is 30.3 Å². The molecule has 0 radical (unpaired) electrons. The Balaban J connectivity index is 2.65. The molecule has 0 heterocycles. The molecule has 1 aromatic carbocycles. The van der Waals surface area contributed by atoms with Gasteiger partial charge in [-0.1, -0.05) is 50.1 Å². The van der Waals surface area contributed by atoms with E-state index in [1.54, 1.807) is 6.08 Å². The van der Waals surface area contributed by atoms with Gasteiger partial charge in [-0.2, -0.15) is 0 Å². The van der Waals surface area contributed by atoms with Crippen molar-refractivity contribution in [3.8, 4) is 0 Å². The summed E-state index contributed by atoms with van der Waals surface area (Å²) in [7, 11) is 0. The molecule has 0 aliphatic rings. The van der Waals surface area contributed by atoms with E-state index in [9.17, 15) is 5.11 Å². The minimum atomic E-state index is -0.816. The molecule has 112 valence electrons. The van der Waals surface area contributed by atoms with Gasteiger partial charge in [-0.05, 0) is 36.5 Å². The van der Waals surface area contributed by atoms with Crippen LogP contribution in [0.3, 0.4) is 0 Å². The molecule has 0 spiro atoms. The van der Waals surface area contributed by atoms with Crippen LogP contribution in [0.1, 0.15) is 44.2 Å². The van der Waals surface area contributed by atoms with E-state index in [-0.39, 0.29) is 6.61 Å². The standard InChI is InChI=1S/C17H27NO2/c1-3-4-5-6-14-7-9-15(10-8-14)13(2)11-17(20)16(18)12-19/h7-11,16-17,19-20H,3-6,12,18H2,1-2H3/b13-11+/t16-,17+/m1/s1. The van der Waals surface area contributed by atoms with Gasteiger partial charge in [0, 0.05) is 0 Å². The van der Waals surface area contributed by atoms with Crippen molar-refractivity contribution in [1.82, 2.24) is 0 Å². The van der Waals surface area contributed by atoms with Crippen molar-refractivity contribution in [2.24, 2.45) is 5.73 Å². The van der Waals surface area contributed by atoms with E-state index in [1.165, 1.54) is 24.8 Å². The van der Waals surface area contributed by atoms with Crippen molar-refractivity contribution in [1.29, 1.82) is 0 Å². The average Bonchev–Trinajstić information content (AvgIpc) is 2.47. The van der Waals surface area contributed by atoms with Crippen molar-refractivity contribution in [3.05, 3.63) is 41.5 Å². The van der Waals surface area contributed by atoms with E-state index in [0.717, 1.165) is 17.6 Å². The summed E-state index contributed by atoms with van der Waals surface area (Å²) < 4.78 is 0. The van der Waals surface area contributed by atoms with E-state index >= 15 is 0 Å². The summed E-state index contributed by atoms with van der Waals surface area (Å²) in [6.07, 6.45) is 5.75. The smallest absolute Gasteiger partial charge is 0.0900 e. The maximum Gasteiger partial charge on any atom is 0.0900 e. The van der Waals surface area contributed by atoms with Crippen LogP contribution in [0.5, 0.6) is 0 Å². The van der Waals surface area contributed by atoms with Gasteiger partial charge < -0.3 is 15.9 Å². The summed E-state index contributed by atoms with van der Waals surface area (Å²) in [5, 5.41) is 18.7. The largest absolute Gasteiger partial charge is 0.395 e. The fourth-order valence-corrected chi connectivity index (χ4v) is 2.10. The van der Waals surface area contributed by atoms with Gasteiger partial charge in [0.15, 0.2) is 0 Å². The van der Waals surface area contributed by atoms with Crippen LogP contribution < -0.4 is 5.73 Å². The third-order valence-corrected chi connectivity index (χ3v) is 3.55. The van der Waals surface area contributed by atoms with Crippen LogP contribution in [0.25, 0.3) is 5.57 Å². The topological polar surface area (TPSA) is 66.5 Å². The Labute approximate surface area is 122 Å². The number of allylic oxidation sites excluding steroid dienone is 1. The zero-order valence-corrected chi connectivity index (χ0v) is 12.5. The average molecular weight is 277 g/mol. The van der Waals surface area contributed by atoms with Crippen LogP contribution in [-0.2, 0) is 6.42 Å². The third kappa shape index (κ3) is 5.45. The van der Waals surface area contributed by atoms with Crippen molar-refractivity contribution < 1.29 is 10.2 Å². The Morgan fingerprint density at radius 1 is 1.25 bits per heavy atom. The fourth-order valence-electron chi connectivity index (χ4n) is 2.10. The van der Waals surface area contributed by atoms with Gasteiger partial charge in [0.1, 0.15) is 0 Å². The Morgan fingerprint density at radius 2 is 1.90 bits per heavy atom. The minimum Gasteiger partial charge on any atom is -0.395 e. The number of benzene rings is 1. The van der Waals surface area contributed by atoms with Crippen molar-refractivity contribution >= 4 is 5.57 Å². The molecule has 0 fully saturated rings. The van der Waals surface area contributed by atoms with Gasteiger partial charge in [0.25, 0.3) is 0 Å². The number of unbranched alkanes of at least 4 members (excludes halogenated alkanes) is 2. The molecule has 0 saturated heterocycles. The lowest BCUT2D eigenvalue weighted by atomic mass is 10.00. The van der Waals surface area contributed by atoms with Crippen molar-refractivity contribution in [3.63, 3.8) is 0 Å². The van der Waals surface area contributed by atoms with E-state index in [0.29, 0.717) is 0 Å². The second-order valence-electron chi connectivity index (χ2n) is 5.34. The first-order chi connectivity index (χ1) is 9.58. The lowest BCUT2D eigenvalue weighted by molar-refractivity contribution is 0.144. The Morgan fingerprint density at radius 3 is 2.45 bits per heavy atom. The predicted molar refractivity (Wildman–Crippen MR) is 84.4 cm³/mol. The molecule has 0 aliphatic carbocycles. The lowest BCUT2D eigenvalue weighted by Gasteiger charge is -2.14. The molecule has 0 saturated carbocycles. The van der Waals surface area contributed by atoms with Crippen LogP contribution >= 0.6 is 0 Å². The normalized spacial score (nSPS) is 15.2. The zero-order chi connectivity index (χ0) is 15.0. The molecule has 1 aromatic rings. The van der Waals surface area contributed by atoms with E-state index in [4.69, 9.17) is 10.8 Å². The Hall–Kier alpha value is -1.16. The summed E-state index contributed by atoms with van der Waals surface area (Å²) in [6, 6.07) is 7.80. The second kappa shape index (κ2) is 8.90. The molecule has 2 atom stereocenters. The van der Waals surface area contributed by atoms with Gasteiger partial charge in [-0.25, -0.2) is 0 Å². The summed E-state index contributed by atoms with van der Waals surface area (Å²) >= 11 is 0. The lowest BCUT2D eigenvalue weighted by Crippen LogP contribution is -2.36. The number of hydrogen-bond acceptors (Lipinski definition) is 3. The molecular formula is C17H27NO2. The van der Waals surface area contributed by atoms with Crippen LogP contribution in [0, 0.1) is 0 Å². The van der Waals surface area contributed by atoms with Gasteiger partial charge in [-0.15, -0.1) is 0 Å². The summed E-state index contributed by atoms with van der Waals surface area (Å²) in [6.45, 7) is 3.93. The van der Waals surface area contributed by atoms with E-state index in [2.05, 4.69) is 31.2 Å². The molecule has 1 rings (SSSR count). The summed E-state index contributed by atoms with van der Waals surface area (Å²) in [5.41, 5.74) is 8.99. The van der Waals surface area contributed by atoms with Crippen LogP contribution in [0.2, 0.25) is 0 Å². The summed E-state index contributed by atoms with van der Waals surface area (Å²) in [4.78, 5) is 0. The molecular weight excluding hydrogens is 250 g/mol. The molecule has 0 amide bonds.